The summed E-state index contributed by atoms with van der Waals surface area (Å²) in [6, 6.07) is 2.01. The van der Waals surface area contributed by atoms with Crippen LogP contribution >= 0.6 is 11.8 Å². The van der Waals surface area contributed by atoms with Crippen LogP contribution in [0, 0.1) is 11.3 Å². The van der Waals surface area contributed by atoms with Crippen LogP contribution in [0.2, 0.25) is 0 Å². The Kier molecular flexibility index (Phi) is 4.15. The number of hydrogen-bond donors (Lipinski definition) is 0. The molecule has 0 spiro atoms. The first-order valence-electron chi connectivity index (χ1n) is 5.87. The fourth-order valence-corrected chi connectivity index (χ4v) is 2.49. The molecule has 1 heterocycles. The highest BCUT2D eigenvalue weighted by molar-refractivity contribution is 7.99. The monoisotopic (exact) mass is 262 g/mol. The molecule has 0 saturated carbocycles. The van der Waals surface area contributed by atoms with Crippen molar-refractivity contribution in [3.8, 4) is 6.07 Å². The minimum atomic E-state index is -0.290. The smallest absolute Gasteiger partial charge is 0.265 e. The van der Waals surface area contributed by atoms with Crippen LogP contribution in [-0.4, -0.2) is 20.5 Å². The van der Waals surface area contributed by atoms with Crippen molar-refractivity contribution < 1.29 is 0 Å². The Labute approximate surface area is 110 Å². The molecule has 1 aliphatic rings. The van der Waals surface area contributed by atoms with E-state index in [0.29, 0.717) is 10.9 Å². The van der Waals surface area contributed by atoms with E-state index in [-0.39, 0.29) is 11.3 Å². The molecule has 0 fully saturated rings. The summed E-state index contributed by atoms with van der Waals surface area (Å²) in [7, 11) is 1.75. The van der Waals surface area contributed by atoms with Crippen LogP contribution in [0.3, 0.4) is 0 Å². The van der Waals surface area contributed by atoms with Crippen LogP contribution in [0.5, 0.6) is 0 Å². The second-order valence-electron chi connectivity index (χ2n) is 4.09. The van der Waals surface area contributed by atoms with Crippen LogP contribution < -0.4 is 5.56 Å². The third-order valence-electron chi connectivity index (χ3n) is 2.79. The Hall–Kier alpha value is -1.61. The van der Waals surface area contributed by atoms with Crippen molar-refractivity contribution in [1.29, 1.82) is 5.26 Å². The molecule has 0 radical (unpaired) electrons. The Balaban J connectivity index is 2.34. The molecule has 0 atom stereocenters. The molecule has 0 aliphatic heterocycles. The van der Waals surface area contributed by atoms with E-state index in [2.05, 4.69) is 16.2 Å². The predicted octanol–water partition coefficient (Wildman–Crippen LogP) is 1.75. The van der Waals surface area contributed by atoms with Gasteiger partial charge in [-0.05, 0) is 31.3 Å². The average molecular weight is 262 g/mol. The number of hydrogen-bond acceptors (Lipinski definition) is 5. The lowest BCUT2D eigenvalue weighted by molar-refractivity contribution is 0.602. The number of nitrogens with zero attached hydrogens (tertiary/aromatic N) is 4. The van der Waals surface area contributed by atoms with E-state index in [4.69, 9.17) is 5.26 Å². The zero-order valence-electron chi connectivity index (χ0n) is 10.2. The zero-order valence-corrected chi connectivity index (χ0v) is 11.0. The van der Waals surface area contributed by atoms with Crippen LogP contribution in [0.25, 0.3) is 5.57 Å². The van der Waals surface area contributed by atoms with Crippen LogP contribution in [0.4, 0.5) is 0 Å². The summed E-state index contributed by atoms with van der Waals surface area (Å²) in [4.78, 5) is 15.9. The van der Waals surface area contributed by atoms with Crippen molar-refractivity contribution in [2.75, 3.05) is 5.75 Å². The normalized spacial score (nSPS) is 15.0. The van der Waals surface area contributed by atoms with E-state index in [1.807, 2.05) is 6.07 Å². The molecule has 6 heteroatoms. The fraction of sp³-hybridized carbons (Fsp3) is 0.500. The van der Waals surface area contributed by atoms with Gasteiger partial charge < -0.3 is 0 Å². The summed E-state index contributed by atoms with van der Waals surface area (Å²) in [6.45, 7) is 0. The number of thioether (sulfide) groups is 1. The van der Waals surface area contributed by atoms with Gasteiger partial charge in [0.15, 0.2) is 10.9 Å². The van der Waals surface area contributed by atoms with Gasteiger partial charge in [-0.25, -0.2) is 4.68 Å². The first-order valence-corrected chi connectivity index (χ1v) is 6.85. The molecular weight excluding hydrogens is 248 g/mol. The minimum absolute atomic E-state index is 0.268. The highest BCUT2D eigenvalue weighted by Crippen LogP contribution is 2.23. The highest BCUT2D eigenvalue weighted by atomic mass is 32.2. The molecule has 0 unspecified atom stereocenters. The summed E-state index contributed by atoms with van der Waals surface area (Å²) in [5.74, 6) is 0.268. The molecule has 0 aromatic carbocycles. The second kappa shape index (κ2) is 5.83. The molecule has 1 aromatic heterocycles. The molecule has 0 N–H and O–H groups in total. The van der Waals surface area contributed by atoms with E-state index in [1.54, 1.807) is 11.7 Å². The van der Waals surface area contributed by atoms with E-state index in [0.717, 1.165) is 24.8 Å². The van der Waals surface area contributed by atoms with E-state index in [1.165, 1.54) is 18.2 Å². The van der Waals surface area contributed by atoms with Crippen molar-refractivity contribution in [1.82, 2.24) is 14.8 Å². The summed E-state index contributed by atoms with van der Waals surface area (Å²) >= 11 is 1.23. The SMILES string of the molecule is Cn1nc(C2=CCCCC2)c(=O)nc1SCC#N. The van der Waals surface area contributed by atoms with Crippen molar-refractivity contribution in [2.24, 2.45) is 7.05 Å². The van der Waals surface area contributed by atoms with Gasteiger partial charge in [-0.15, -0.1) is 0 Å². The molecule has 1 aliphatic carbocycles. The van der Waals surface area contributed by atoms with Gasteiger partial charge >= 0.3 is 0 Å². The van der Waals surface area contributed by atoms with Gasteiger partial charge in [0.25, 0.3) is 5.56 Å². The van der Waals surface area contributed by atoms with Gasteiger partial charge in [0.05, 0.1) is 11.8 Å². The number of allylic oxidation sites excluding steroid dienone is 2. The standard InChI is InChI=1S/C12H14N4OS/c1-16-12(18-8-7-13)14-11(17)10(15-16)9-5-3-2-4-6-9/h5H,2-4,6,8H2,1H3. The summed E-state index contributed by atoms with van der Waals surface area (Å²) in [6.07, 6.45) is 6.26. The Bertz CT molecular complexity index is 570. The van der Waals surface area contributed by atoms with E-state index >= 15 is 0 Å². The lowest BCUT2D eigenvalue weighted by atomic mass is 9.97. The maximum atomic E-state index is 11.9. The molecular formula is C12H14N4OS. The molecule has 94 valence electrons. The summed E-state index contributed by atoms with van der Waals surface area (Å²) < 4.78 is 1.58. The predicted molar refractivity (Wildman–Crippen MR) is 70.1 cm³/mol. The van der Waals surface area contributed by atoms with Gasteiger partial charge in [0.1, 0.15) is 0 Å². The molecule has 0 amide bonds. The fourth-order valence-electron chi connectivity index (χ4n) is 1.93. The lowest BCUT2D eigenvalue weighted by Gasteiger charge is -2.12. The minimum Gasteiger partial charge on any atom is -0.265 e. The topological polar surface area (TPSA) is 71.6 Å². The van der Waals surface area contributed by atoms with Crippen molar-refractivity contribution in [3.05, 3.63) is 22.1 Å². The Morgan fingerprint density at radius 2 is 2.39 bits per heavy atom. The van der Waals surface area contributed by atoms with Crippen LogP contribution in [0.1, 0.15) is 31.4 Å². The van der Waals surface area contributed by atoms with Crippen LogP contribution in [-0.2, 0) is 7.05 Å². The number of nitriles is 1. The van der Waals surface area contributed by atoms with Gasteiger partial charge in [-0.2, -0.15) is 15.3 Å². The first-order chi connectivity index (χ1) is 8.72. The summed E-state index contributed by atoms with van der Waals surface area (Å²) in [5, 5.41) is 13.3. The van der Waals surface area contributed by atoms with Gasteiger partial charge in [0.2, 0.25) is 0 Å². The van der Waals surface area contributed by atoms with Crippen molar-refractivity contribution >= 4 is 17.3 Å². The molecule has 5 nitrogen and oxygen atoms in total. The Morgan fingerprint density at radius 1 is 1.56 bits per heavy atom. The van der Waals surface area contributed by atoms with E-state index < -0.39 is 0 Å². The van der Waals surface area contributed by atoms with Gasteiger partial charge in [-0.1, -0.05) is 17.8 Å². The largest absolute Gasteiger partial charge is 0.300 e. The maximum absolute atomic E-state index is 11.9. The highest BCUT2D eigenvalue weighted by Gasteiger charge is 2.14. The molecule has 1 aromatic rings. The molecule has 0 bridgehead atoms. The molecule has 2 rings (SSSR count). The second-order valence-corrected chi connectivity index (χ2v) is 5.04. The van der Waals surface area contributed by atoms with Crippen molar-refractivity contribution in [2.45, 2.75) is 30.8 Å². The summed E-state index contributed by atoms with van der Waals surface area (Å²) in [5.41, 5.74) is 1.17. The third kappa shape index (κ3) is 2.79. The number of aromatic nitrogens is 3. The zero-order chi connectivity index (χ0) is 13.0. The number of aryl methyl sites for hydroxylation is 1. The van der Waals surface area contributed by atoms with E-state index in [9.17, 15) is 4.79 Å². The maximum Gasteiger partial charge on any atom is 0.300 e. The Morgan fingerprint density at radius 3 is 3.06 bits per heavy atom. The lowest BCUT2D eigenvalue weighted by Crippen LogP contribution is -2.21. The van der Waals surface area contributed by atoms with Gasteiger partial charge in [0, 0.05) is 7.05 Å². The molecule has 0 saturated heterocycles. The first kappa shape index (κ1) is 12.8. The molecule has 18 heavy (non-hydrogen) atoms. The average Bonchev–Trinajstić information content (AvgIpc) is 2.40. The third-order valence-corrected chi connectivity index (χ3v) is 3.67. The van der Waals surface area contributed by atoms with Crippen molar-refractivity contribution in [3.63, 3.8) is 0 Å². The van der Waals surface area contributed by atoms with Crippen LogP contribution in [0.15, 0.2) is 16.0 Å². The quantitative estimate of drug-likeness (QED) is 0.776. The number of rotatable bonds is 3. The van der Waals surface area contributed by atoms with Gasteiger partial charge in [-0.3, -0.25) is 4.79 Å².